The van der Waals surface area contributed by atoms with E-state index in [0.29, 0.717) is 22.2 Å². The number of nitrogens with one attached hydrogen (secondary N) is 1. The summed E-state index contributed by atoms with van der Waals surface area (Å²) in [5.41, 5.74) is 1.24. The number of nitrogens with zero attached hydrogens (tertiary/aromatic N) is 1. The van der Waals surface area contributed by atoms with Crippen molar-refractivity contribution in [1.29, 1.82) is 0 Å². The first kappa shape index (κ1) is 23.2. The molecule has 0 aliphatic rings. The van der Waals surface area contributed by atoms with Gasteiger partial charge in [-0.1, -0.05) is 54.7 Å². The maximum absolute atomic E-state index is 13.2. The second kappa shape index (κ2) is 11.2. The summed E-state index contributed by atoms with van der Waals surface area (Å²) in [4.78, 5) is 27.2. The van der Waals surface area contributed by atoms with Crippen molar-refractivity contribution in [2.24, 2.45) is 0 Å². The Balaban J connectivity index is 2.23. The van der Waals surface area contributed by atoms with Gasteiger partial charge in [-0.15, -0.1) is 0 Å². The van der Waals surface area contributed by atoms with E-state index in [0.717, 1.165) is 18.4 Å². The Kier molecular flexibility index (Phi) is 8.93. The molecule has 0 fully saturated rings. The average molecular weight is 439 g/mol. The predicted octanol–water partition coefficient (Wildman–Crippen LogP) is 5.01. The number of benzene rings is 2. The summed E-state index contributed by atoms with van der Waals surface area (Å²) in [6.45, 7) is 4.43. The number of carbonyl (C=O) groups is 2. The standard InChI is InChI=1S/C22H25Cl2FN2O2/c1-3-4-12-26-22(29)15(2)27(14-16-8-10-17(25)11-9-16)21(28)13-18-19(23)6-5-7-20(18)24/h5-11,15H,3-4,12-14H2,1-2H3,(H,26,29). The van der Waals surface area contributed by atoms with Crippen LogP contribution in [0.2, 0.25) is 10.0 Å². The number of unbranched alkanes of at least 4 members (excludes halogenated alkanes) is 1. The monoisotopic (exact) mass is 438 g/mol. The molecule has 1 N–H and O–H groups in total. The smallest absolute Gasteiger partial charge is 0.242 e. The second-order valence-electron chi connectivity index (χ2n) is 6.85. The van der Waals surface area contributed by atoms with Gasteiger partial charge in [-0.2, -0.15) is 0 Å². The van der Waals surface area contributed by atoms with Gasteiger partial charge < -0.3 is 10.2 Å². The third-order valence-corrected chi connectivity index (χ3v) is 5.36. The number of carbonyl (C=O) groups excluding carboxylic acids is 2. The molecule has 156 valence electrons. The van der Waals surface area contributed by atoms with E-state index in [1.54, 1.807) is 37.3 Å². The molecule has 7 heteroatoms. The van der Waals surface area contributed by atoms with E-state index in [2.05, 4.69) is 5.32 Å². The highest BCUT2D eigenvalue weighted by atomic mass is 35.5. The lowest BCUT2D eigenvalue weighted by atomic mass is 10.1. The largest absolute Gasteiger partial charge is 0.354 e. The molecule has 1 unspecified atom stereocenters. The van der Waals surface area contributed by atoms with E-state index in [1.807, 2.05) is 6.92 Å². The zero-order valence-corrected chi connectivity index (χ0v) is 18.1. The lowest BCUT2D eigenvalue weighted by Gasteiger charge is -2.29. The maximum atomic E-state index is 13.2. The molecule has 0 aliphatic heterocycles. The Labute approximate surface area is 181 Å². The van der Waals surface area contributed by atoms with E-state index >= 15 is 0 Å². The van der Waals surface area contributed by atoms with Crippen LogP contribution in [0.15, 0.2) is 42.5 Å². The SMILES string of the molecule is CCCCNC(=O)C(C)N(Cc1ccc(F)cc1)C(=O)Cc1c(Cl)cccc1Cl. The highest BCUT2D eigenvalue weighted by Gasteiger charge is 2.27. The van der Waals surface area contributed by atoms with Crippen molar-refractivity contribution >= 4 is 35.0 Å². The topological polar surface area (TPSA) is 49.4 Å². The quantitative estimate of drug-likeness (QED) is 0.559. The molecule has 2 amide bonds. The van der Waals surface area contributed by atoms with E-state index in [-0.39, 0.29) is 30.6 Å². The Bertz CT molecular complexity index is 823. The van der Waals surface area contributed by atoms with Crippen LogP contribution in [0.3, 0.4) is 0 Å². The lowest BCUT2D eigenvalue weighted by molar-refractivity contribution is -0.140. The molecule has 2 rings (SSSR count). The van der Waals surface area contributed by atoms with Crippen molar-refractivity contribution in [3.8, 4) is 0 Å². The summed E-state index contributed by atoms with van der Waals surface area (Å²) >= 11 is 12.4. The molecule has 4 nitrogen and oxygen atoms in total. The average Bonchev–Trinajstić information content (AvgIpc) is 2.70. The third kappa shape index (κ3) is 6.72. The van der Waals surface area contributed by atoms with E-state index in [9.17, 15) is 14.0 Å². The Morgan fingerprint density at radius 2 is 1.72 bits per heavy atom. The highest BCUT2D eigenvalue weighted by Crippen LogP contribution is 2.26. The van der Waals surface area contributed by atoms with Gasteiger partial charge in [-0.25, -0.2) is 4.39 Å². The van der Waals surface area contributed by atoms with Gasteiger partial charge in [0.1, 0.15) is 11.9 Å². The first-order valence-corrected chi connectivity index (χ1v) is 10.3. The van der Waals surface area contributed by atoms with Crippen molar-refractivity contribution in [1.82, 2.24) is 10.2 Å². The lowest BCUT2D eigenvalue weighted by Crippen LogP contribution is -2.48. The second-order valence-corrected chi connectivity index (χ2v) is 7.66. The molecule has 2 aromatic rings. The molecule has 2 aromatic carbocycles. The zero-order chi connectivity index (χ0) is 21.4. The fourth-order valence-electron chi connectivity index (χ4n) is 2.86. The molecule has 0 saturated heterocycles. The van der Waals surface area contributed by atoms with Gasteiger partial charge >= 0.3 is 0 Å². The zero-order valence-electron chi connectivity index (χ0n) is 16.6. The summed E-state index contributed by atoms with van der Waals surface area (Å²) in [6.07, 6.45) is 1.78. The summed E-state index contributed by atoms with van der Waals surface area (Å²) in [5, 5.41) is 3.65. The number of rotatable bonds is 9. The van der Waals surface area contributed by atoms with Gasteiger partial charge in [-0.05, 0) is 48.7 Å². The Hall–Kier alpha value is -2.11. The van der Waals surface area contributed by atoms with E-state index in [1.165, 1.54) is 17.0 Å². The van der Waals surface area contributed by atoms with Gasteiger partial charge in [0, 0.05) is 23.1 Å². The van der Waals surface area contributed by atoms with Gasteiger partial charge in [-0.3, -0.25) is 9.59 Å². The molecule has 1 atom stereocenters. The van der Waals surface area contributed by atoms with Crippen molar-refractivity contribution in [3.63, 3.8) is 0 Å². The third-order valence-electron chi connectivity index (χ3n) is 4.65. The molecular weight excluding hydrogens is 414 g/mol. The fourth-order valence-corrected chi connectivity index (χ4v) is 3.39. The number of amides is 2. The van der Waals surface area contributed by atoms with Crippen LogP contribution < -0.4 is 5.32 Å². The molecule has 0 bridgehead atoms. The van der Waals surface area contributed by atoms with Crippen LogP contribution in [-0.4, -0.2) is 29.3 Å². The minimum Gasteiger partial charge on any atom is -0.354 e. The minimum absolute atomic E-state index is 0.0354. The summed E-state index contributed by atoms with van der Waals surface area (Å²) < 4.78 is 13.2. The number of halogens is 3. The molecule has 29 heavy (non-hydrogen) atoms. The Morgan fingerprint density at radius 3 is 2.31 bits per heavy atom. The molecule has 0 heterocycles. The van der Waals surface area contributed by atoms with Crippen LogP contribution >= 0.6 is 23.2 Å². The number of hydrogen-bond donors (Lipinski definition) is 1. The van der Waals surface area contributed by atoms with Crippen molar-refractivity contribution in [3.05, 3.63) is 69.5 Å². The first-order valence-electron chi connectivity index (χ1n) is 9.58. The van der Waals surface area contributed by atoms with Crippen molar-refractivity contribution in [2.75, 3.05) is 6.54 Å². The molecule has 0 aromatic heterocycles. The Morgan fingerprint density at radius 1 is 1.10 bits per heavy atom. The van der Waals surface area contributed by atoms with Crippen LogP contribution in [-0.2, 0) is 22.6 Å². The van der Waals surface area contributed by atoms with E-state index in [4.69, 9.17) is 23.2 Å². The van der Waals surface area contributed by atoms with Gasteiger partial charge in [0.2, 0.25) is 11.8 Å². The van der Waals surface area contributed by atoms with Crippen LogP contribution in [0, 0.1) is 5.82 Å². The van der Waals surface area contributed by atoms with Crippen LogP contribution in [0.1, 0.15) is 37.8 Å². The van der Waals surface area contributed by atoms with Crippen LogP contribution in [0.5, 0.6) is 0 Å². The van der Waals surface area contributed by atoms with Gasteiger partial charge in [0.25, 0.3) is 0 Å². The molecular formula is C22H25Cl2FN2O2. The minimum atomic E-state index is -0.703. The predicted molar refractivity (Wildman–Crippen MR) is 114 cm³/mol. The van der Waals surface area contributed by atoms with Crippen LogP contribution in [0.25, 0.3) is 0 Å². The summed E-state index contributed by atoms with van der Waals surface area (Å²) in [7, 11) is 0. The molecule has 0 saturated carbocycles. The maximum Gasteiger partial charge on any atom is 0.242 e. The summed E-state index contributed by atoms with van der Waals surface area (Å²) in [6, 6.07) is 10.2. The van der Waals surface area contributed by atoms with Crippen molar-refractivity contribution in [2.45, 2.75) is 45.7 Å². The number of hydrogen-bond acceptors (Lipinski definition) is 2. The highest BCUT2D eigenvalue weighted by molar-refractivity contribution is 6.36. The summed E-state index contributed by atoms with van der Waals surface area (Å²) in [5.74, 6) is -0.888. The van der Waals surface area contributed by atoms with E-state index < -0.39 is 6.04 Å². The van der Waals surface area contributed by atoms with Crippen LogP contribution in [0.4, 0.5) is 4.39 Å². The van der Waals surface area contributed by atoms with Gasteiger partial charge in [0.05, 0.1) is 6.42 Å². The van der Waals surface area contributed by atoms with Crippen molar-refractivity contribution < 1.29 is 14.0 Å². The van der Waals surface area contributed by atoms with Gasteiger partial charge in [0.15, 0.2) is 0 Å². The fraction of sp³-hybridized carbons (Fsp3) is 0.364. The molecule has 0 radical (unpaired) electrons. The molecule has 0 spiro atoms. The first-order chi connectivity index (χ1) is 13.8. The molecule has 0 aliphatic carbocycles. The normalized spacial score (nSPS) is 11.8.